The summed E-state index contributed by atoms with van der Waals surface area (Å²) >= 11 is 0. The van der Waals surface area contributed by atoms with Gasteiger partial charge in [0.05, 0.1) is 17.7 Å². The Morgan fingerprint density at radius 3 is 1.82 bits per heavy atom. The van der Waals surface area contributed by atoms with E-state index in [1.807, 2.05) is 139 Å². The molecule has 0 saturated carbocycles. The first-order chi connectivity index (χ1) is 41.9. The molecule has 0 bridgehead atoms. The zero-order valence-electron chi connectivity index (χ0n) is 55.7. The Morgan fingerprint density at radius 1 is 0.607 bits per heavy atom. The first-order valence-electron chi connectivity index (χ1n) is 32.2. The van der Waals surface area contributed by atoms with Gasteiger partial charge in [0.1, 0.15) is 18.1 Å². The molecule has 0 spiro atoms. The van der Waals surface area contributed by atoms with Crippen molar-refractivity contribution in [2.75, 3.05) is 34.7 Å². The number of Topliss-reactive ketones (excluding diaryl/α,β-unsaturated/α-hetero) is 2. The van der Waals surface area contributed by atoms with Crippen LogP contribution < -0.4 is 5.32 Å². The number of nitrogens with one attached hydrogen (secondary N) is 1. The van der Waals surface area contributed by atoms with E-state index in [4.69, 9.17) is 4.74 Å². The first-order valence-corrected chi connectivity index (χ1v) is 32.2. The van der Waals surface area contributed by atoms with Crippen molar-refractivity contribution < 1.29 is 53.0 Å². The molecule has 2 heterocycles. The number of likely N-dealkylation sites (N-methyl/N-ethyl adjacent to an activating group) is 4. The molecule has 484 valence electrons. The summed E-state index contributed by atoms with van der Waals surface area (Å²) < 4.78 is 6.17. The molecule has 17 heteroatoms. The summed E-state index contributed by atoms with van der Waals surface area (Å²) in [5, 5.41) is 16.9. The number of carbonyl (C=O) groups excluding carboxylic acids is 9. The smallest absolute Gasteiger partial charge is 0.332 e. The maximum absolute atomic E-state index is 15.8. The average molecular weight is 1230 g/mol. The number of hydrogen-bond acceptors (Lipinski definition) is 11. The molecular weight excluding hydrogens is 1120 g/mol. The van der Waals surface area contributed by atoms with E-state index in [0.717, 1.165) is 32.4 Å². The zero-order valence-corrected chi connectivity index (χ0v) is 55.7. The van der Waals surface area contributed by atoms with Crippen LogP contribution in [0.4, 0.5) is 0 Å². The van der Waals surface area contributed by atoms with Gasteiger partial charge in [-0.25, -0.2) is 4.79 Å². The molecule has 6 amide bonds. The van der Waals surface area contributed by atoms with E-state index in [9.17, 15) is 19.5 Å². The fourth-order valence-corrected chi connectivity index (χ4v) is 13.4. The van der Waals surface area contributed by atoms with Crippen LogP contribution in [0.2, 0.25) is 0 Å². The van der Waals surface area contributed by atoms with E-state index in [0.29, 0.717) is 31.2 Å². The van der Waals surface area contributed by atoms with Crippen molar-refractivity contribution in [1.82, 2.24) is 29.8 Å². The van der Waals surface area contributed by atoms with Crippen LogP contribution >= 0.6 is 0 Å². The number of ketones is 2. The number of hydrogen-bond donors (Lipinski definition) is 2. The van der Waals surface area contributed by atoms with Crippen LogP contribution in [0, 0.1) is 41.4 Å². The number of benzene rings is 4. The van der Waals surface area contributed by atoms with Crippen LogP contribution in [0.25, 0.3) is 21.9 Å². The Balaban J connectivity index is 1.53. The largest absolute Gasteiger partial charge is 0.450 e. The lowest BCUT2D eigenvalue weighted by Gasteiger charge is -2.39. The van der Waals surface area contributed by atoms with Crippen molar-refractivity contribution in [2.24, 2.45) is 41.4 Å². The minimum atomic E-state index is -1.95. The monoisotopic (exact) mass is 1220 g/mol. The van der Waals surface area contributed by atoms with Gasteiger partial charge in [-0.3, -0.25) is 38.4 Å². The molecule has 4 aromatic rings. The highest BCUT2D eigenvalue weighted by atomic mass is 16.6. The third-order valence-electron chi connectivity index (χ3n) is 18.6. The topological polar surface area (TPSA) is 211 Å². The summed E-state index contributed by atoms with van der Waals surface area (Å²) in [5.41, 5.74) is 1.33. The van der Waals surface area contributed by atoms with Gasteiger partial charge in [-0.15, -0.1) is 0 Å². The summed E-state index contributed by atoms with van der Waals surface area (Å²) in [6.45, 7) is 21.2. The molecule has 17 nitrogen and oxygen atoms in total. The van der Waals surface area contributed by atoms with Crippen molar-refractivity contribution in [3.8, 4) is 11.1 Å². The van der Waals surface area contributed by atoms with Crippen molar-refractivity contribution in [2.45, 2.75) is 189 Å². The highest BCUT2D eigenvalue weighted by Crippen LogP contribution is 2.34. The van der Waals surface area contributed by atoms with Crippen LogP contribution in [0.5, 0.6) is 0 Å². The van der Waals surface area contributed by atoms with E-state index >= 15 is 28.8 Å². The van der Waals surface area contributed by atoms with E-state index in [1.54, 1.807) is 32.7 Å². The van der Waals surface area contributed by atoms with E-state index in [2.05, 4.69) is 11.4 Å². The number of ether oxygens (including phenoxy) is 1. The maximum atomic E-state index is 15.8. The molecule has 3 unspecified atom stereocenters. The van der Waals surface area contributed by atoms with Gasteiger partial charge in [-0.05, 0) is 96.2 Å². The first kappa shape index (κ1) is 70.8. The highest BCUT2D eigenvalue weighted by molar-refractivity contribution is 6.00. The van der Waals surface area contributed by atoms with Gasteiger partial charge in [0.15, 0.2) is 23.7 Å². The minimum absolute atomic E-state index is 0.0149. The molecule has 89 heavy (non-hydrogen) atoms. The number of rotatable bonds is 14. The Hall–Kier alpha value is -7.27. The predicted octanol–water partition coefficient (Wildman–Crippen LogP) is 9.37. The molecule has 4 aromatic carbocycles. The molecule has 11 atom stereocenters. The normalized spacial score (nSPS) is 25.1. The van der Waals surface area contributed by atoms with E-state index in [1.165, 1.54) is 49.7 Å². The van der Waals surface area contributed by atoms with Crippen LogP contribution in [-0.4, -0.2) is 165 Å². The number of carbonyl (C=O) groups is 9. The van der Waals surface area contributed by atoms with Gasteiger partial charge in [-0.2, -0.15) is 0 Å². The van der Waals surface area contributed by atoms with Crippen LogP contribution in [0.1, 0.15) is 139 Å². The summed E-state index contributed by atoms with van der Waals surface area (Å²) in [7, 11) is 5.87. The molecule has 0 radical (unpaired) electrons. The quantitative estimate of drug-likeness (QED) is 0.114. The van der Waals surface area contributed by atoms with Crippen LogP contribution in [-0.2, 0) is 60.7 Å². The highest BCUT2D eigenvalue weighted by Gasteiger charge is 2.48. The lowest BCUT2D eigenvalue weighted by Crippen LogP contribution is -2.61. The fourth-order valence-electron chi connectivity index (χ4n) is 13.4. The lowest BCUT2D eigenvalue weighted by atomic mass is 9.82. The molecule has 2 fully saturated rings. The third kappa shape index (κ3) is 17.0. The predicted molar refractivity (Wildman–Crippen MR) is 347 cm³/mol. The zero-order chi connectivity index (χ0) is 65.9. The minimum Gasteiger partial charge on any atom is -0.450 e. The van der Waals surface area contributed by atoms with Crippen LogP contribution in [0.15, 0.2) is 97.1 Å². The van der Waals surface area contributed by atoms with Gasteiger partial charge in [0.2, 0.25) is 29.5 Å². The maximum Gasteiger partial charge on any atom is 0.332 e. The number of nitrogens with zero attached hydrogens (tertiary/aromatic N) is 5. The molecule has 2 aliphatic heterocycles. The summed E-state index contributed by atoms with van der Waals surface area (Å²) in [6, 6.07) is 23.6. The number of aliphatic hydroxyl groups is 1. The Kier molecular flexibility index (Phi) is 24.6. The molecular formula is C72H100N6O11. The third-order valence-corrected chi connectivity index (χ3v) is 18.6. The van der Waals surface area contributed by atoms with Gasteiger partial charge >= 0.3 is 5.97 Å². The number of fused-ring (bicyclic) bond motifs is 2. The van der Waals surface area contributed by atoms with Gasteiger partial charge in [0.25, 0.3) is 5.91 Å². The number of cyclic esters (lactones) is 1. The summed E-state index contributed by atoms with van der Waals surface area (Å²) in [6.07, 6.45) is -0.231. The second kappa shape index (κ2) is 31.0. The van der Waals surface area contributed by atoms with Gasteiger partial charge < -0.3 is 39.7 Å². The van der Waals surface area contributed by atoms with E-state index < -0.39 is 125 Å². The molecule has 0 aromatic heterocycles. The molecule has 0 aliphatic carbocycles. The van der Waals surface area contributed by atoms with Gasteiger partial charge in [0, 0.05) is 78.2 Å². The molecule has 2 saturated heterocycles. The van der Waals surface area contributed by atoms with E-state index in [-0.39, 0.29) is 56.3 Å². The fraction of sp³-hybridized carbons (Fsp3) is 0.569. The van der Waals surface area contributed by atoms with Crippen molar-refractivity contribution >= 4 is 63.8 Å². The SMILES string of the molecule is CCC(C)[C@@H]1CC(=O)[C@@H]2CCCN2C(=O)[C@H](Cc2cccc(-c3cccc4ccccc34)c2)N(C)C(=O)[C@H](Cc2ccccc2)NC(=O)[C@H](C(C)C)N(C)C(=O)[C@@H](C(C)CC)OC(=O)[C@H](C(C)(C)O)N(C)C(=O)C(CC(C)C)CC(=O)[C@H](C(C)C)N(C)C1=O. The average Bonchev–Trinajstić information content (AvgIpc) is 4.18. The molecule has 2 aliphatic rings. The Bertz CT molecular complexity index is 3150. The summed E-state index contributed by atoms with van der Waals surface area (Å²) in [4.78, 5) is 144. The number of amides is 6. The Labute approximate surface area is 528 Å². The number of esters is 1. The van der Waals surface area contributed by atoms with Crippen molar-refractivity contribution in [1.29, 1.82) is 0 Å². The lowest BCUT2D eigenvalue weighted by molar-refractivity contribution is -0.178. The van der Waals surface area contributed by atoms with Gasteiger partial charge in [-0.1, -0.05) is 173 Å². The van der Waals surface area contributed by atoms with Crippen molar-refractivity contribution in [3.05, 3.63) is 108 Å². The molecule has 6 rings (SSSR count). The standard InChI is InChI=1S/C72H100N6O11/c1-17-46(9)55-42-59(79)57-35-26-36-78(57)69(85)58(40-49-29-24-32-51(38-49)54-34-25-31-50-30-22-23-33-53(50)54)74(13)68(84)56(39-48-27-20-19-21-28-48)73-65(81)62(45(7)8)76(15)70(86)63(47(10)18-2)89-71(87)64(72(11,12)88)77(16)66(82)52(37-43(3)4)41-60(80)61(44(5)6)75(14)67(55)83/h19-25,27-34,38,43-47,52,55-58,61-64,88H,17-18,26,35-37,39-42H2,1-16H3,(H,73,81)/t46?,47?,52?,55-,56-,57-,58-,61-,62-,63+,64+/m0/s1. The second-order valence-corrected chi connectivity index (χ2v) is 27.0. The Morgan fingerprint density at radius 2 is 1.20 bits per heavy atom. The second-order valence-electron chi connectivity index (χ2n) is 27.0. The van der Waals surface area contributed by atoms with Crippen molar-refractivity contribution in [3.63, 3.8) is 0 Å². The molecule has 2 N–H and O–H groups in total. The summed E-state index contributed by atoms with van der Waals surface area (Å²) in [5.74, 6) is -9.46. The van der Waals surface area contributed by atoms with Crippen LogP contribution in [0.3, 0.4) is 0 Å².